The van der Waals surface area contributed by atoms with E-state index in [1.807, 2.05) is 49.6 Å². The topological polar surface area (TPSA) is 63.6 Å². The van der Waals surface area contributed by atoms with Gasteiger partial charge < -0.3 is 19.5 Å². The summed E-state index contributed by atoms with van der Waals surface area (Å²) >= 11 is 0. The molecule has 0 spiro atoms. The van der Waals surface area contributed by atoms with Crippen LogP contribution >= 0.6 is 0 Å². The summed E-state index contributed by atoms with van der Waals surface area (Å²) < 4.78 is 7.37. The molecule has 156 valence electrons. The molecule has 1 fully saturated rings. The van der Waals surface area contributed by atoms with Gasteiger partial charge in [0.2, 0.25) is 5.91 Å². The van der Waals surface area contributed by atoms with Crippen molar-refractivity contribution in [1.82, 2.24) is 14.8 Å². The minimum absolute atomic E-state index is 0.0538. The molecular weight excluding hydrogens is 366 g/mol. The smallest absolute Gasteiger partial charge is 0.271 e. The largest absolute Gasteiger partial charge is 0.497 e. The van der Waals surface area contributed by atoms with E-state index >= 15 is 0 Å². The summed E-state index contributed by atoms with van der Waals surface area (Å²) in [6, 6.07) is 7.85. The molecule has 2 aromatic rings. The van der Waals surface area contributed by atoms with Crippen molar-refractivity contribution in [2.75, 3.05) is 7.11 Å². The molecule has 0 radical (unpaired) electrons. The van der Waals surface area contributed by atoms with Crippen molar-refractivity contribution < 1.29 is 14.3 Å². The summed E-state index contributed by atoms with van der Waals surface area (Å²) in [7, 11) is 1.63. The first-order valence-corrected chi connectivity index (χ1v) is 10.7. The molecule has 4 rings (SSSR count). The highest BCUT2D eigenvalue weighted by molar-refractivity contribution is 6.04. The molecule has 1 N–H and O–H groups in total. The van der Waals surface area contributed by atoms with Gasteiger partial charge in [0.1, 0.15) is 17.0 Å². The number of nitrogens with one attached hydrogen (secondary N) is 1. The number of carbonyl (C=O) groups is 2. The molecule has 0 saturated heterocycles. The number of methoxy groups -OCH3 is 1. The molecule has 6 heteroatoms. The molecule has 2 heterocycles. The highest BCUT2D eigenvalue weighted by atomic mass is 16.5. The number of ether oxygens (including phenoxy) is 1. The van der Waals surface area contributed by atoms with Crippen LogP contribution < -0.4 is 10.1 Å². The van der Waals surface area contributed by atoms with E-state index in [0.29, 0.717) is 12.2 Å². The number of amides is 2. The average molecular weight is 398 g/mol. The Morgan fingerprint density at radius 1 is 1.21 bits per heavy atom. The lowest BCUT2D eigenvalue weighted by Crippen LogP contribution is -2.66. The molecule has 1 atom stereocenters. The average Bonchev–Trinajstić information content (AvgIpc) is 3.06. The zero-order valence-corrected chi connectivity index (χ0v) is 17.8. The van der Waals surface area contributed by atoms with Crippen LogP contribution in [0.4, 0.5) is 0 Å². The number of rotatable bonds is 4. The predicted molar refractivity (Wildman–Crippen MR) is 113 cm³/mol. The van der Waals surface area contributed by atoms with Gasteiger partial charge in [-0.1, -0.05) is 19.3 Å². The van der Waals surface area contributed by atoms with Crippen molar-refractivity contribution in [1.29, 1.82) is 0 Å². The Morgan fingerprint density at radius 3 is 2.59 bits per heavy atom. The first kappa shape index (κ1) is 19.8. The molecule has 1 aliphatic heterocycles. The zero-order valence-electron chi connectivity index (χ0n) is 17.8. The van der Waals surface area contributed by atoms with Gasteiger partial charge in [0.05, 0.1) is 19.2 Å². The number of carbonyl (C=O) groups excluding carboxylic acids is 2. The van der Waals surface area contributed by atoms with Crippen LogP contribution in [-0.4, -0.2) is 46.0 Å². The van der Waals surface area contributed by atoms with Crippen molar-refractivity contribution in [3.05, 3.63) is 30.0 Å². The van der Waals surface area contributed by atoms with Gasteiger partial charge in [0.15, 0.2) is 0 Å². The minimum atomic E-state index is -0.940. The SMILES string of the molecule is COc1ccc2cc3n(c2c1)C[C@@](C)(C(=O)NC1CCCCC1)N(C(C)C)C3=O. The highest BCUT2D eigenvalue weighted by Gasteiger charge is 2.49. The maximum atomic E-state index is 13.5. The van der Waals surface area contributed by atoms with Crippen LogP contribution in [0.5, 0.6) is 5.75 Å². The Hall–Kier alpha value is -2.50. The molecule has 1 aliphatic carbocycles. The number of hydrogen-bond donors (Lipinski definition) is 1. The van der Waals surface area contributed by atoms with Crippen LogP contribution in [0.15, 0.2) is 24.3 Å². The van der Waals surface area contributed by atoms with Crippen molar-refractivity contribution in [3.8, 4) is 5.75 Å². The lowest BCUT2D eigenvalue weighted by Gasteiger charge is -2.47. The van der Waals surface area contributed by atoms with E-state index in [1.165, 1.54) is 6.42 Å². The van der Waals surface area contributed by atoms with Crippen molar-refractivity contribution in [2.45, 2.75) is 77.0 Å². The number of fused-ring (bicyclic) bond motifs is 3. The second kappa shape index (κ2) is 7.39. The standard InChI is InChI=1S/C23H31N3O3/c1-15(2)26-21(27)20-12-16-10-11-18(29-4)13-19(16)25(20)14-23(26,3)22(28)24-17-8-6-5-7-9-17/h10-13,15,17H,5-9,14H2,1-4H3,(H,24,28)/t23-/m0/s1. The van der Waals surface area contributed by atoms with Gasteiger partial charge >= 0.3 is 0 Å². The van der Waals surface area contributed by atoms with Crippen LogP contribution in [-0.2, 0) is 11.3 Å². The van der Waals surface area contributed by atoms with Crippen molar-refractivity contribution in [3.63, 3.8) is 0 Å². The fraction of sp³-hybridized carbons (Fsp3) is 0.565. The summed E-state index contributed by atoms with van der Waals surface area (Å²) in [6.45, 7) is 6.29. The van der Waals surface area contributed by atoms with Gasteiger partial charge in [-0.2, -0.15) is 0 Å². The Labute approximate surface area is 172 Å². The van der Waals surface area contributed by atoms with E-state index in [0.717, 1.165) is 42.3 Å². The molecular formula is C23H31N3O3. The molecule has 1 aromatic heterocycles. The Morgan fingerprint density at radius 2 is 1.93 bits per heavy atom. The summed E-state index contributed by atoms with van der Waals surface area (Å²) in [4.78, 5) is 28.7. The third kappa shape index (κ3) is 3.28. The first-order valence-electron chi connectivity index (χ1n) is 10.7. The van der Waals surface area contributed by atoms with E-state index in [1.54, 1.807) is 12.0 Å². The van der Waals surface area contributed by atoms with Crippen molar-refractivity contribution in [2.24, 2.45) is 0 Å². The molecule has 6 nitrogen and oxygen atoms in total. The normalized spacial score (nSPS) is 22.8. The highest BCUT2D eigenvalue weighted by Crippen LogP contribution is 2.35. The third-order valence-electron chi connectivity index (χ3n) is 6.49. The maximum absolute atomic E-state index is 13.5. The van der Waals surface area contributed by atoms with Crippen LogP contribution in [0.3, 0.4) is 0 Å². The Balaban J connectivity index is 1.75. The first-order chi connectivity index (χ1) is 13.8. The second-order valence-corrected chi connectivity index (χ2v) is 8.89. The molecule has 29 heavy (non-hydrogen) atoms. The van der Waals surface area contributed by atoms with Crippen LogP contribution in [0.1, 0.15) is 63.4 Å². The van der Waals surface area contributed by atoms with Crippen LogP contribution in [0.2, 0.25) is 0 Å². The molecule has 0 bridgehead atoms. The minimum Gasteiger partial charge on any atom is -0.497 e. The summed E-state index contributed by atoms with van der Waals surface area (Å²) in [6.07, 6.45) is 5.58. The Bertz CT molecular complexity index is 942. The zero-order chi connectivity index (χ0) is 20.8. The number of benzene rings is 1. The van der Waals surface area contributed by atoms with Crippen LogP contribution in [0.25, 0.3) is 10.9 Å². The lowest BCUT2D eigenvalue weighted by atomic mass is 9.90. The van der Waals surface area contributed by atoms with Gasteiger partial charge in [-0.3, -0.25) is 9.59 Å². The van der Waals surface area contributed by atoms with E-state index < -0.39 is 5.54 Å². The second-order valence-electron chi connectivity index (χ2n) is 8.89. The van der Waals surface area contributed by atoms with Gasteiger partial charge in [-0.15, -0.1) is 0 Å². The lowest BCUT2D eigenvalue weighted by molar-refractivity contribution is -0.134. The van der Waals surface area contributed by atoms with Crippen LogP contribution in [0, 0.1) is 0 Å². The summed E-state index contributed by atoms with van der Waals surface area (Å²) in [5.74, 6) is 0.593. The number of nitrogens with zero attached hydrogens (tertiary/aromatic N) is 2. The number of aromatic nitrogens is 1. The van der Waals surface area contributed by atoms with E-state index in [-0.39, 0.29) is 23.9 Å². The van der Waals surface area contributed by atoms with Crippen molar-refractivity contribution >= 4 is 22.7 Å². The van der Waals surface area contributed by atoms with Gasteiger partial charge in [-0.25, -0.2) is 0 Å². The van der Waals surface area contributed by atoms with Gasteiger partial charge in [-0.05, 0) is 51.8 Å². The van der Waals surface area contributed by atoms with E-state index in [9.17, 15) is 9.59 Å². The monoisotopic (exact) mass is 397 g/mol. The maximum Gasteiger partial charge on any atom is 0.271 e. The quantitative estimate of drug-likeness (QED) is 0.855. The molecule has 2 aliphatic rings. The Kier molecular flexibility index (Phi) is 5.05. The fourth-order valence-corrected chi connectivity index (χ4v) is 5.01. The van der Waals surface area contributed by atoms with Gasteiger partial charge in [0.25, 0.3) is 5.91 Å². The fourth-order valence-electron chi connectivity index (χ4n) is 5.01. The summed E-state index contributed by atoms with van der Waals surface area (Å²) in [5, 5.41) is 4.24. The van der Waals surface area contributed by atoms with E-state index in [2.05, 4.69) is 5.32 Å². The molecule has 1 saturated carbocycles. The third-order valence-corrected chi connectivity index (χ3v) is 6.49. The van der Waals surface area contributed by atoms with E-state index in [4.69, 9.17) is 4.74 Å². The number of hydrogen-bond acceptors (Lipinski definition) is 3. The molecule has 2 amide bonds. The molecule has 1 aromatic carbocycles. The molecule has 0 unspecified atom stereocenters. The predicted octanol–water partition coefficient (Wildman–Crippen LogP) is 3.72. The van der Waals surface area contributed by atoms with Gasteiger partial charge in [0, 0.05) is 23.5 Å². The summed E-state index contributed by atoms with van der Waals surface area (Å²) in [5.41, 5.74) is 0.614.